The Hall–Kier alpha value is -0.670. The average Bonchev–Trinajstić information content (AvgIpc) is 2.74. The van der Waals surface area contributed by atoms with Crippen LogP contribution >= 0.6 is 0 Å². The minimum absolute atomic E-state index is 0.0237. The Balaban J connectivity index is 1.70. The molecule has 7 atom stereocenters. The molecule has 0 amide bonds. The van der Waals surface area contributed by atoms with Crippen molar-refractivity contribution >= 4 is 0 Å². The van der Waals surface area contributed by atoms with Crippen LogP contribution in [0.5, 0.6) is 0 Å². The smallest absolute Gasteiger partial charge is 0.183 e. The summed E-state index contributed by atoms with van der Waals surface area (Å²) in [5.74, 6) is -0.130. The lowest BCUT2D eigenvalue weighted by molar-refractivity contribution is -0.150. The summed E-state index contributed by atoms with van der Waals surface area (Å²) < 4.78 is 14.1. The van der Waals surface area contributed by atoms with Crippen molar-refractivity contribution in [3.63, 3.8) is 0 Å². The van der Waals surface area contributed by atoms with Crippen molar-refractivity contribution in [3.8, 4) is 0 Å². The highest BCUT2D eigenvalue weighted by Crippen LogP contribution is 2.64. The van der Waals surface area contributed by atoms with Gasteiger partial charge in [0.15, 0.2) is 5.79 Å². The Labute approximate surface area is 132 Å². The second-order valence-corrected chi connectivity index (χ2v) is 8.79. The van der Waals surface area contributed by atoms with Gasteiger partial charge >= 0.3 is 0 Å². The van der Waals surface area contributed by atoms with Gasteiger partial charge in [-0.15, -0.1) is 0 Å². The number of hydrogen-bond donors (Lipinski definition) is 2. The molecule has 1 unspecified atom stereocenters. The second-order valence-electron chi connectivity index (χ2n) is 8.79. The molecule has 2 nitrogen and oxygen atoms in total. The topological polar surface area (TPSA) is 40.5 Å². The van der Waals surface area contributed by atoms with E-state index >= 15 is 0 Å². The predicted molar refractivity (Wildman–Crippen MR) is 83.6 cm³/mol. The Morgan fingerprint density at radius 2 is 1.82 bits per heavy atom. The van der Waals surface area contributed by atoms with Crippen LogP contribution < -0.4 is 0 Å². The van der Waals surface area contributed by atoms with Crippen molar-refractivity contribution in [2.75, 3.05) is 0 Å². The van der Waals surface area contributed by atoms with E-state index in [1.165, 1.54) is 0 Å². The van der Waals surface area contributed by atoms with Gasteiger partial charge in [0.25, 0.3) is 0 Å². The Morgan fingerprint density at radius 1 is 1.05 bits per heavy atom. The highest BCUT2D eigenvalue weighted by Gasteiger charge is 2.58. The summed E-state index contributed by atoms with van der Waals surface area (Å²) in [5, 5.41) is 19.9. The van der Waals surface area contributed by atoms with Crippen LogP contribution in [0, 0.1) is 34.5 Å². The van der Waals surface area contributed by atoms with Gasteiger partial charge in [-0.3, -0.25) is 0 Å². The largest absolute Gasteiger partial charge is 0.362 e. The van der Waals surface area contributed by atoms with Crippen LogP contribution in [-0.2, 0) is 0 Å². The third kappa shape index (κ3) is 1.98. The first kappa shape index (κ1) is 14.9. The minimum atomic E-state index is -1.68. The van der Waals surface area contributed by atoms with E-state index < -0.39 is 12.0 Å². The van der Waals surface area contributed by atoms with Gasteiger partial charge in [0, 0.05) is 6.42 Å². The van der Waals surface area contributed by atoms with E-state index in [2.05, 4.69) is 26.0 Å². The van der Waals surface area contributed by atoms with Crippen molar-refractivity contribution in [1.82, 2.24) is 0 Å². The zero-order valence-corrected chi connectivity index (χ0v) is 13.5. The van der Waals surface area contributed by atoms with Crippen LogP contribution in [0.25, 0.3) is 0 Å². The summed E-state index contributed by atoms with van der Waals surface area (Å²) in [6.45, 7) is 4.54. The number of alkyl halides is 1. The highest BCUT2D eigenvalue weighted by molar-refractivity contribution is 5.25. The summed E-state index contributed by atoms with van der Waals surface area (Å²) in [7, 11) is 0. The Morgan fingerprint density at radius 3 is 2.59 bits per heavy atom. The molecule has 2 fully saturated rings. The lowest BCUT2D eigenvalue weighted by Gasteiger charge is -2.56. The normalized spacial score (nSPS) is 55.4. The van der Waals surface area contributed by atoms with Gasteiger partial charge in [-0.1, -0.05) is 32.1 Å². The fraction of sp³-hybridized carbons (Fsp3) is 0.789. The third-order valence-electron chi connectivity index (χ3n) is 7.44. The first-order chi connectivity index (χ1) is 10.2. The van der Waals surface area contributed by atoms with Gasteiger partial charge in [0.1, 0.15) is 6.17 Å². The SMILES string of the molecule is C[C@]12CC[C@H]3[C@@H](C=CC4CC(O)(O)C=C[C@@]43C)[C@@H]1C[C@H](F)C2. The van der Waals surface area contributed by atoms with E-state index in [0.29, 0.717) is 30.6 Å². The molecule has 4 aliphatic carbocycles. The average molecular weight is 306 g/mol. The zero-order chi connectivity index (χ0) is 15.8. The Bertz CT molecular complexity index is 540. The lowest BCUT2D eigenvalue weighted by atomic mass is 9.48. The van der Waals surface area contributed by atoms with Gasteiger partial charge in [0.2, 0.25) is 0 Å². The van der Waals surface area contributed by atoms with E-state index in [0.717, 1.165) is 19.3 Å². The molecule has 3 heteroatoms. The second kappa shape index (κ2) is 4.45. The van der Waals surface area contributed by atoms with Gasteiger partial charge in [0.05, 0.1) is 0 Å². The molecular formula is C19H27FO2. The standard InChI is InChI=1S/C19H27FO2/c1-17-6-5-15-14(16(17)9-13(20)11-17)4-3-12-10-19(21,22)8-7-18(12,15)2/h3-4,7-8,12-16,21-22H,5-6,9-11H2,1-2H3/t12?,13-,14+,15-,16-,17+,18-/m0/s1. The number of allylic oxidation sites excluding steroid dienone is 3. The van der Waals surface area contributed by atoms with Crippen LogP contribution in [0.1, 0.15) is 46.0 Å². The van der Waals surface area contributed by atoms with Crippen molar-refractivity contribution in [3.05, 3.63) is 24.3 Å². The molecule has 0 aliphatic heterocycles. The fourth-order valence-corrected chi connectivity index (χ4v) is 6.15. The number of halogens is 1. The molecule has 0 radical (unpaired) electrons. The lowest BCUT2D eigenvalue weighted by Crippen LogP contribution is -2.51. The van der Waals surface area contributed by atoms with Crippen LogP contribution in [0.15, 0.2) is 24.3 Å². The summed E-state index contributed by atoms with van der Waals surface area (Å²) in [4.78, 5) is 0. The molecule has 0 heterocycles. The number of rotatable bonds is 0. The van der Waals surface area contributed by atoms with Crippen molar-refractivity contribution in [2.45, 2.75) is 57.9 Å². The maximum Gasteiger partial charge on any atom is 0.183 e. The van der Waals surface area contributed by atoms with Gasteiger partial charge in [-0.05, 0) is 66.3 Å². The molecule has 0 aromatic heterocycles. The number of aliphatic hydroxyl groups is 2. The first-order valence-corrected chi connectivity index (χ1v) is 8.71. The van der Waals surface area contributed by atoms with Crippen LogP contribution in [0.3, 0.4) is 0 Å². The van der Waals surface area contributed by atoms with Crippen LogP contribution in [-0.4, -0.2) is 22.2 Å². The molecule has 0 aromatic rings. The van der Waals surface area contributed by atoms with Gasteiger partial charge in [-0.25, -0.2) is 4.39 Å². The maximum absolute atomic E-state index is 14.1. The van der Waals surface area contributed by atoms with Crippen molar-refractivity contribution < 1.29 is 14.6 Å². The van der Waals surface area contributed by atoms with Crippen LogP contribution in [0.4, 0.5) is 4.39 Å². The summed E-state index contributed by atoms with van der Waals surface area (Å²) >= 11 is 0. The zero-order valence-electron chi connectivity index (χ0n) is 13.5. The monoisotopic (exact) mass is 306 g/mol. The summed E-state index contributed by atoms with van der Waals surface area (Å²) in [6.07, 6.45) is 11.5. The van der Waals surface area contributed by atoms with E-state index in [1.54, 1.807) is 6.08 Å². The molecule has 0 aromatic carbocycles. The molecule has 0 spiro atoms. The van der Waals surface area contributed by atoms with Gasteiger partial charge < -0.3 is 10.2 Å². The number of fused-ring (bicyclic) bond motifs is 5. The van der Waals surface area contributed by atoms with Crippen molar-refractivity contribution in [1.29, 1.82) is 0 Å². The summed E-state index contributed by atoms with van der Waals surface area (Å²) in [5.41, 5.74) is 0.133. The molecule has 2 N–H and O–H groups in total. The molecule has 2 saturated carbocycles. The molecule has 0 bridgehead atoms. The molecule has 0 saturated heterocycles. The Kier molecular flexibility index (Phi) is 3.01. The van der Waals surface area contributed by atoms with Crippen LogP contribution in [0.2, 0.25) is 0 Å². The minimum Gasteiger partial charge on any atom is -0.362 e. The third-order valence-corrected chi connectivity index (χ3v) is 7.44. The molecule has 122 valence electrons. The summed E-state index contributed by atoms with van der Waals surface area (Å²) in [6, 6.07) is 0. The number of hydrogen-bond acceptors (Lipinski definition) is 2. The predicted octanol–water partition coefficient (Wildman–Crippen LogP) is 3.60. The molecule has 22 heavy (non-hydrogen) atoms. The van der Waals surface area contributed by atoms with Gasteiger partial charge in [-0.2, -0.15) is 0 Å². The van der Waals surface area contributed by atoms with E-state index in [9.17, 15) is 14.6 Å². The van der Waals surface area contributed by atoms with E-state index in [4.69, 9.17) is 0 Å². The fourth-order valence-electron chi connectivity index (χ4n) is 6.15. The van der Waals surface area contributed by atoms with E-state index in [1.807, 2.05) is 6.08 Å². The van der Waals surface area contributed by atoms with Crippen molar-refractivity contribution in [2.24, 2.45) is 34.5 Å². The molecular weight excluding hydrogens is 279 g/mol. The highest BCUT2D eigenvalue weighted by atomic mass is 19.1. The first-order valence-electron chi connectivity index (χ1n) is 8.71. The quantitative estimate of drug-likeness (QED) is 0.530. The molecule has 4 rings (SSSR count). The van der Waals surface area contributed by atoms with E-state index in [-0.39, 0.29) is 16.7 Å². The molecule has 4 aliphatic rings. The maximum atomic E-state index is 14.1.